The fourth-order valence-corrected chi connectivity index (χ4v) is 2.89. The van der Waals surface area contributed by atoms with Gasteiger partial charge in [0.1, 0.15) is 17.5 Å². The first-order valence-electron chi connectivity index (χ1n) is 5.15. The van der Waals surface area contributed by atoms with Crippen molar-refractivity contribution >= 4 is 25.4 Å². The number of nitrogens with zero attached hydrogens (tertiary/aromatic N) is 2. The minimum atomic E-state index is -4.77. The lowest BCUT2D eigenvalue weighted by molar-refractivity contribution is -0.221. The van der Waals surface area contributed by atoms with Crippen molar-refractivity contribution in [3.05, 3.63) is 22.7 Å². The zero-order valence-electron chi connectivity index (χ0n) is 9.54. The Balaban J connectivity index is 1.98. The van der Waals surface area contributed by atoms with Gasteiger partial charge >= 0.3 is 5.69 Å². The first-order valence-corrected chi connectivity index (χ1v) is 7.69. The Morgan fingerprint density at radius 1 is 1.79 bits per heavy atom. The van der Waals surface area contributed by atoms with E-state index < -0.39 is 25.2 Å². The number of hydrogen-bond acceptors (Lipinski definition) is 8. The maximum Gasteiger partial charge on any atom is 0.351 e. The number of aromatic nitrogens is 2. The number of ether oxygens (including phenoxy) is 1. The molecule has 3 atom stereocenters. The second-order valence-corrected chi connectivity index (χ2v) is 6.05. The van der Waals surface area contributed by atoms with Crippen LogP contribution in [0.5, 0.6) is 0 Å². The number of phosphoric acid groups is 1. The largest absolute Gasteiger partial charge is 0.756 e. The van der Waals surface area contributed by atoms with E-state index in [1.807, 2.05) is 0 Å². The lowest BCUT2D eigenvalue weighted by Crippen LogP contribution is -2.28. The standard InChI is InChI=1S/C8H12N3O6PS/c9-5-1-2-11(8(12)10-5)6-4-19-7(17-6)3-16-18(13,14)15/h1-2,6-7H,3-4H2,(H2,9,10,12)(H2,13,14,15)/p-1. The summed E-state index contributed by atoms with van der Waals surface area (Å²) in [5.41, 5.74) is 4.22. The normalized spacial score (nSPS) is 26.2. The number of anilines is 1. The van der Waals surface area contributed by atoms with E-state index in [9.17, 15) is 14.3 Å². The molecular weight excluding hydrogens is 297 g/mol. The molecule has 1 aromatic rings. The molecule has 0 aliphatic carbocycles. The third-order valence-corrected chi connectivity index (χ3v) is 3.84. The lowest BCUT2D eigenvalue weighted by atomic mass is 10.5. The van der Waals surface area contributed by atoms with Crippen LogP contribution < -0.4 is 16.3 Å². The molecule has 3 N–H and O–H groups in total. The van der Waals surface area contributed by atoms with Gasteiger partial charge in [-0.1, -0.05) is 0 Å². The van der Waals surface area contributed by atoms with Gasteiger partial charge in [-0.05, 0) is 6.07 Å². The molecule has 3 unspecified atom stereocenters. The van der Waals surface area contributed by atoms with Crippen molar-refractivity contribution in [3.8, 4) is 0 Å². The number of nitrogens with two attached hydrogens (primary N) is 1. The summed E-state index contributed by atoms with van der Waals surface area (Å²) in [6.07, 6.45) is 0.868. The first kappa shape index (κ1) is 14.5. The smallest absolute Gasteiger partial charge is 0.351 e. The van der Waals surface area contributed by atoms with Crippen LogP contribution in [0, 0.1) is 0 Å². The molecule has 1 saturated heterocycles. The Kier molecular flexibility index (Phi) is 4.29. The Morgan fingerprint density at radius 3 is 3.16 bits per heavy atom. The molecule has 2 rings (SSSR count). The van der Waals surface area contributed by atoms with Gasteiger partial charge in [-0.15, -0.1) is 11.8 Å². The van der Waals surface area contributed by atoms with Crippen molar-refractivity contribution in [2.45, 2.75) is 11.7 Å². The topological polar surface area (TPSA) is 140 Å². The van der Waals surface area contributed by atoms with E-state index in [1.54, 1.807) is 0 Å². The molecule has 1 aliphatic rings. The van der Waals surface area contributed by atoms with Crippen LogP contribution in [0.2, 0.25) is 0 Å². The number of phosphoric ester groups is 1. The molecule has 1 aliphatic heterocycles. The predicted molar refractivity (Wildman–Crippen MR) is 65.1 cm³/mol. The molecule has 2 heterocycles. The van der Waals surface area contributed by atoms with Crippen LogP contribution in [0.25, 0.3) is 0 Å². The van der Waals surface area contributed by atoms with Gasteiger partial charge in [0, 0.05) is 11.9 Å². The SMILES string of the molecule is Nc1ccn(C2CSC(COP(=O)([O-])O)O2)c(=O)n1. The molecular formula is C8H11N3O6PS-. The summed E-state index contributed by atoms with van der Waals surface area (Å²) in [6.45, 7) is -0.324. The second-order valence-electron chi connectivity index (χ2n) is 3.66. The monoisotopic (exact) mass is 308 g/mol. The van der Waals surface area contributed by atoms with Crippen LogP contribution in [0.1, 0.15) is 6.23 Å². The van der Waals surface area contributed by atoms with E-state index in [0.29, 0.717) is 5.75 Å². The van der Waals surface area contributed by atoms with E-state index in [2.05, 4.69) is 9.51 Å². The fraction of sp³-hybridized carbons (Fsp3) is 0.500. The summed E-state index contributed by atoms with van der Waals surface area (Å²) in [7, 11) is -4.77. The van der Waals surface area contributed by atoms with Crippen LogP contribution >= 0.6 is 19.6 Å². The Bertz CT molecular complexity index is 560. The van der Waals surface area contributed by atoms with Crippen LogP contribution in [0.4, 0.5) is 5.82 Å². The zero-order chi connectivity index (χ0) is 14.0. The van der Waals surface area contributed by atoms with Gasteiger partial charge in [-0.25, -0.2) is 4.79 Å². The molecule has 1 fully saturated rings. The summed E-state index contributed by atoms with van der Waals surface area (Å²) in [5.74, 6) is 0.535. The molecule has 0 amide bonds. The molecule has 1 aromatic heterocycles. The molecule has 0 saturated carbocycles. The summed E-state index contributed by atoms with van der Waals surface area (Å²) in [6, 6.07) is 1.46. The van der Waals surface area contributed by atoms with Crippen LogP contribution in [0.15, 0.2) is 17.1 Å². The molecule has 0 aromatic carbocycles. The minimum Gasteiger partial charge on any atom is -0.756 e. The predicted octanol–water partition coefficient (Wildman–Crippen LogP) is -1.11. The zero-order valence-corrected chi connectivity index (χ0v) is 11.3. The van der Waals surface area contributed by atoms with Gasteiger partial charge in [-0.2, -0.15) is 4.98 Å². The molecule has 19 heavy (non-hydrogen) atoms. The fourth-order valence-electron chi connectivity index (χ4n) is 1.48. The van der Waals surface area contributed by atoms with E-state index in [0.717, 1.165) is 0 Å². The number of nitrogen functional groups attached to an aromatic ring is 1. The number of rotatable bonds is 4. The van der Waals surface area contributed by atoms with Gasteiger partial charge in [0.15, 0.2) is 0 Å². The molecule has 11 heteroatoms. The summed E-state index contributed by atoms with van der Waals surface area (Å²) < 4.78 is 21.3. The highest BCUT2D eigenvalue weighted by Crippen LogP contribution is 2.36. The van der Waals surface area contributed by atoms with Gasteiger partial charge in [0.25, 0.3) is 7.82 Å². The van der Waals surface area contributed by atoms with Gasteiger partial charge < -0.3 is 24.8 Å². The Hall–Kier alpha value is -0.900. The van der Waals surface area contributed by atoms with E-state index in [1.165, 1.54) is 28.6 Å². The highest BCUT2D eigenvalue weighted by Gasteiger charge is 2.28. The highest BCUT2D eigenvalue weighted by atomic mass is 32.2. The molecule has 106 valence electrons. The highest BCUT2D eigenvalue weighted by molar-refractivity contribution is 8.00. The summed E-state index contributed by atoms with van der Waals surface area (Å²) >= 11 is 1.26. The molecule has 0 radical (unpaired) electrons. The van der Waals surface area contributed by atoms with Crippen molar-refractivity contribution in [2.75, 3.05) is 18.1 Å². The van der Waals surface area contributed by atoms with E-state index in [-0.39, 0.29) is 12.4 Å². The van der Waals surface area contributed by atoms with Crippen molar-refractivity contribution in [1.82, 2.24) is 9.55 Å². The summed E-state index contributed by atoms with van der Waals surface area (Å²) in [4.78, 5) is 34.0. The third-order valence-electron chi connectivity index (χ3n) is 2.27. The van der Waals surface area contributed by atoms with Crippen molar-refractivity contribution < 1.29 is 23.6 Å². The molecule has 0 bridgehead atoms. The quantitative estimate of drug-likeness (QED) is 0.662. The lowest BCUT2D eigenvalue weighted by Gasteiger charge is -2.18. The van der Waals surface area contributed by atoms with Crippen LogP contribution in [0.3, 0.4) is 0 Å². The first-order chi connectivity index (χ1) is 8.85. The average Bonchev–Trinajstić information content (AvgIpc) is 2.74. The molecule has 9 nitrogen and oxygen atoms in total. The number of hydrogen-bond donors (Lipinski definition) is 2. The Labute approximate surface area is 112 Å². The maximum absolute atomic E-state index is 11.6. The van der Waals surface area contributed by atoms with Gasteiger partial charge in [-0.3, -0.25) is 9.13 Å². The minimum absolute atomic E-state index is 0.111. The number of thioether (sulfide) groups is 1. The third kappa shape index (κ3) is 4.03. The van der Waals surface area contributed by atoms with E-state index >= 15 is 0 Å². The summed E-state index contributed by atoms with van der Waals surface area (Å²) in [5, 5.41) is 0. The van der Waals surface area contributed by atoms with Crippen molar-refractivity contribution in [2.24, 2.45) is 0 Å². The van der Waals surface area contributed by atoms with Crippen LogP contribution in [-0.2, 0) is 13.8 Å². The van der Waals surface area contributed by atoms with Gasteiger partial charge in [0.05, 0.1) is 6.61 Å². The Morgan fingerprint density at radius 2 is 2.53 bits per heavy atom. The van der Waals surface area contributed by atoms with Crippen molar-refractivity contribution in [1.29, 1.82) is 0 Å². The van der Waals surface area contributed by atoms with E-state index in [4.69, 9.17) is 15.4 Å². The average molecular weight is 308 g/mol. The maximum atomic E-state index is 11.6. The van der Waals surface area contributed by atoms with Crippen LogP contribution in [-0.4, -0.2) is 32.2 Å². The molecule has 0 spiro atoms. The van der Waals surface area contributed by atoms with Crippen molar-refractivity contribution in [3.63, 3.8) is 0 Å². The van der Waals surface area contributed by atoms with Gasteiger partial charge in [0.2, 0.25) is 0 Å². The second kappa shape index (κ2) is 5.61.